The molecular weight excluding hydrogens is 425 g/mol. The number of carbonyl (C=O) groups excluding carboxylic acids is 2. The molecule has 11 nitrogen and oxygen atoms in total. The average Bonchev–Trinajstić information content (AvgIpc) is 3.18. The van der Waals surface area contributed by atoms with Gasteiger partial charge in [0.1, 0.15) is 6.10 Å². The Hall–Kier alpha value is -0.880. The van der Waals surface area contributed by atoms with Crippen LogP contribution < -0.4 is 16.0 Å². The van der Waals surface area contributed by atoms with Crippen molar-refractivity contribution in [2.75, 3.05) is 32.1 Å². The van der Waals surface area contributed by atoms with Gasteiger partial charge in [-0.2, -0.15) is 11.8 Å². The Labute approximate surface area is 173 Å². The first kappa shape index (κ1) is 24.4. The molecule has 168 valence electrons. The second-order valence-corrected chi connectivity index (χ2v) is 9.60. The number of unbranched alkanes of at least 4 members (excludes halogenated alkanes) is 1. The lowest BCUT2D eigenvalue weighted by Crippen LogP contribution is -2.36. The number of aliphatic hydroxyl groups is 1. The van der Waals surface area contributed by atoms with Gasteiger partial charge in [-0.3, -0.25) is 9.32 Å². The van der Waals surface area contributed by atoms with Gasteiger partial charge in [0.2, 0.25) is 5.91 Å². The minimum absolute atomic E-state index is 0.0205. The standard InChI is InChI=1S/C16H30N3O8PS/c20-11(9-27-28(23,24)25)8-26-7-3-6-17-14(21)5-2-1-4-13-15-12(10-29-13)18-16(22)19-15/h11-13,15,20H,1-10H2,(H,17,21)(H2,18,19,22)(H2,23,24,25). The molecule has 4 atom stereocenters. The summed E-state index contributed by atoms with van der Waals surface area (Å²) in [6.07, 6.45) is 2.59. The molecule has 0 spiro atoms. The third-order valence-electron chi connectivity index (χ3n) is 4.61. The molecule has 0 aromatic carbocycles. The van der Waals surface area contributed by atoms with Crippen LogP contribution in [-0.4, -0.2) is 82.4 Å². The molecule has 2 aliphatic heterocycles. The van der Waals surface area contributed by atoms with Crippen LogP contribution in [0.2, 0.25) is 0 Å². The van der Waals surface area contributed by atoms with Crippen LogP contribution in [0.4, 0.5) is 4.79 Å². The smallest absolute Gasteiger partial charge is 0.388 e. The topological polar surface area (TPSA) is 166 Å². The molecule has 2 rings (SSSR count). The van der Waals surface area contributed by atoms with Crippen molar-refractivity contribution in [1.82, 2.24) is 16.0 Å². The molecule has 6 N–H and O–H groups in total. The summed E-state index contributed by atoms with van der Waals surface area (Å²) in [5.41, 5.74) is 0. The van der Waals surface area contributed by atoms with Crippen molar-refractivity contribution in [2.45, 2.75) is 55.5 Å². The monoisotopic (exact) mass is 455 g/mol. The van der Waals surface area contributed by atoms with Gasteiger partial charge in [0, 0.05) is 30.6 Å². The summed E-state index contributed by atoms with van der Waals surface area (Å²) in [5.74, 6) is 0.914. The fourth-order valence-corrected chi connectivity index (χ4v) is 5.12. The summed E-state index contributed by atoms with van der Waals surface area (Å²) in [6.45, 7) is 0.137. The van der Waals surface area contributed by atoms with Crippen LogP contribution in [0.15, 0.2) is 0 Å². The van der Waals surface area contributed by atoms with E-state index in [1.54, 1.807) is 0 Å². The maximum atomic E-state index is 11.8. The minimum Gasteiger partial charge on any atom is -0.388 e. The number of aliphatic hydroxyl groups excluding tert-OH is 1. The van der Waals surface area contributed by atoms with Gasteiger partial charge in [-0.1, -0.05) is 6.42 Å². The van der Waals surface area contributed by atoms with E-state index >= 15 is 0 Å². The van der Waals surface area contributed by atoms with Gasteiger partial charge in [-0.25, -0.2) is 9.36 Å². The highest BCUT2D eigenvalue weighted by atomic mass is 32.2. The minimum atomic E-state index is -4.59. The molecule has 0 bridgehead atoms. The molecule has 2 fully saturated rings. The van der Waals surface area contributed by atoms with Crippen LogP contribution in [0, 0.1) is 0 Å². The molecular formula is C16H30N3O8PS. The Balaban J connectivity index is 1.40. The second kappa shape index (κ2) is 12.1. The van der Waals surface area contributed by atoms with Crippen LogP contribution in [0.5, 0.6) is 0 Å². The highest BCUT2D eigenvalue weighted by Gasteiger charge is 2.42. The van der Waals surface area contributed by atoms with Gasteiger partial charge in [0.25, 0.3) is 0 Å². The summed E-state index contributed by atoms with van der Waals surface area (Å²) in [6, 6.07) is 0.337. The number of phosphoric acid groups is 1. The quantitative estimate of drug-likeness (QED) is 0.117. The van der Waals surface area contributed by atoms with Crippen molar-refractivity contribution in [3.05, 3.63) is 0 Å². The average molecular weight is 455 g/mol. The Morgan fingerprint density at radius 3 is 2.83 bits per heavy atom. The van der Waals surface area contributed by atoms with E-state index in [0.717, 1.165) is 25.0 Å². The first-order valence-corrected chi connectivity index (χ1v) is 12.2. The third-order valence-corrected chi connectivity index (χ3v) is 6.61. The van der Waals surface area contributed by atoms with Gasteiger partial charge in [-0.05, 0) is 19.3 Å². The van der Waals surface area contributed by atoms with Crippen LogP contribution in [0.1, 0.15) is 32.1 Å². The third kappa shape index (κ3) is 9.65. The molecule has 4 unspecified atom stereocenters. The molecule has 2 aliphatic rings. The fourth-order valence-electron chi connectivity index (χ4n) is 3.22. The number of phosphoric ester groups is 1. The number of carbonyl (C=O) groups is 2. The number of fused-ring (bicyclic) bond motifs is 1. The number of ether oxygens (including phenoxy) is 1. The van der Waals surface area contributed by atoms with Gasteiger partial charge < -0.3 is 35.6 Å². The van der Waals surface area contributed by atoms with Crippen LogP contribution in [0.25, 0.3) is 0 Å². The predicted octanol–water partition coefficient (Wildman–Crippen LogP) is -0.295. The van der Waals surface area contributed by atoms with E-state index in [0.29, 0.717) is 31.2 Å². The predicted molar refractivity (Wildman–Crippen MR) is 106 cm³/mol. The Morgan fingerprint density at radius 1 is 1.28 bits per heavy atom. The molecule has 0 aromatic heterocycles. The largest absolute Gasteiger partial charge is 0.469 e. The summed E-state index contributed by atoms with van der Waals surface area (Å²) < 4.78 is 19.8. The highest BCUT2D eigenvalue weighted by Crippen LogP contribution is 2.35. The van der Waals surface area contributed by atoms with E-state index in [-0.39, 0.29) is 30.6 Å². The lowest BCUT2D eigenvalue weighted by molar-refractivity contribution is -0.121. The number of urea groups is 1. The lowest BCUT2D eigenvalue weighted by atomic mass is 10.0. The van der Waals surface area contributed by atoms with Crippen LogP contribution in [0.3, 0.4) is 0 Å². The van der Waals surface area contributed by atoms with Crippen molar-refractivity contribution in [1.29, 1.82) is 0 Å². The van der Waals surface area contributed by atoms with E-state index in [1.165, 1.54) is 0 Å². The van der Waals surface area contributed by atoms with E-state index in [4.69, 9.17) is 14.5 Å². The summed E-state index contributed by atoms with van der Waals surface area (Å²) >= 11 is 1.87. The highest BCUT2D eigenvalue weighted by molar-refractivity contribution is 8.00. The molecule has 0 aliphatic carbocycles. The first-order chi connectivity index (χ1) is 13.7. The fraction of sp³-hybridized carbons (Fsp3) is 0.875. The molecule has 29 heavy (non-hydrogen) atoms. The maximum Gasteiger partial charge on any atom is 0.469 e. The zero-order chi connectivity index (χ0) is 21.3. The van der Waals surface area contributed by atoms with Crippen molar-refractivity contribution in [2.24, 2.45) is 0 Å². The number of nitrogens with one attached hydrogen (secondary N) is 3. The van der Waals surface area contributed by atoms with Gasteiger partial charge in [0.05, 0.1) is 25.3 Å². The molecule has 2 heterocycles. The summed E-state index contributed by atoms with van der Waals surface area (Å²) in [7, 11) is -4.59. The maximum absolute atomic E-state index is 11.8. The summed E-state index contributed by atoms with van der Waals surface area (Å²) in [4.78, 5) is 40.2. The molecule has 2 saturated heterocycles. The summed E-state index contributed by atoms with van der Waals surface area (Å²) in [5, 5.41) is 18.5. The number of hydrogen-bond acceptors (Lipinski definition) is 7. The Kier molecular flexibility index (Phi) is 10.2. The van der Waals surface area contributed by atoms with E-state index in [2.05, 4.69) is 20.5 Å². The van der Waals surface area contributed by atoms with Gasteiger partial charge >= 0.3 is 13.9 Å². The van der Waals surface area contributed by atoms with Crippen LogP contribution in [-0.2, 0) is 18.6 Å². The van der Waals surface area contributed by atoms with Crippen molar-refractivity contribution >= 4 is 31.5 Å². The van der Waals surface area contributed by atoms with E-state index in [9.17, 15) is 19.3 Å². The molecule has 13 heteroatoms. The SMILES string of the molecule is O=C(CCCCC1SCC2NC(=O)NC21)NCCCOCC(O)COP(=O)(O)O. The zero-order valence-electron chi connectivity index (χ0n) is 16.1. The molecule has 3 amide bonds. The molecule has 0 aromatic rings. The number of rotatable bonds is 14. The normalized spacial score (nSPS) is 24.7. The second-order valence-electron chi connectivity index (χ2n) is 7.09. The number of thioether (sulfide) groups is 1. The van der Waals surface area contributed by atoms with Crippen molar-refractivity contribution < 1.29 is 38.3 Å². The zero-order valence-corrected chi connectivity index (χ0v) is 17.8. The van der Waals surface area contributed by atoms with Crippen molar-refractivity contribution in [3.8, 4) is 0 Å². The Morgan fingerprint density at radius 2 is 2.07 bits per heavy atom. The van der Waals surface area contributed by atoms with Gasteiger partial charge in [0.15, 0.2) is 0 Å². The van der Waals surface area contributed by atoms with E-state index < -0.39 is 20.5 Å². The lowest BCUT2D eigenvalue weighted by Gasteiger charge is -2.16. The van der Waals surface area contributed by atoms with Gasteiger partial charge in [-0.15, -0.1) is 0 Å². The first-order valence-electron chi connectivity index (χ1n) is 9.66. The van der Waals surface area contributed by atoms with Crippen molar-refractivity contribution in [3.63, 3.8) is 0 Å². The molecule has 0 saturated carbocycles. The Bertz CT molecular complexity index is 593. The molecule has 0 radical (unpaired) electrons. The van der Waals surface area contributed by atoms with Crippen LogP contribution >= 0.6 is 19.6 Å². The number of amides is 3. The van der Waals surface area contributed by atoms with E-state index in [1.807, 2.05) is 11.8 Å². The number of hydrogen-bond donors (Lipinski definition) is 6.